The van der Waals surface area contributed by atoms with Crippen LogP contribution in [-0.2, 0) is 17.7 Å². The van der Waals surface area contributed by atoms with Crippen LogP contribution in [0.3, 0.4) is 0 Å². The molecule has 116 valence electrons. The minimum atomic E-state index is 0.125. The van der Waals surface area contributed by atoms with Crippen molar-refractivity contribution in [2.24, 2.45) is 0 Å². The highest BCUT2D eigenvalue weighted by molar-refractivity contribution is 5.27. The van der Waals surface area contributed by atoms with Gasteiger partial charge in [-0.2, -0.15) is 0 Å². The monoisotopic (exact) mass is 290 g/mol. The Kier molecular flexibility index (Phi) is 4.76. The van der Waals surface area contributed by atoms with Crippen LogP contribution in [0.4, 0.5) is 0 Å². The number of nitrogens with zero attached hydrogens (tertiary/aromatic N) is 1. The molecule has 3 rings (SSSR count). The van der Waals surface area contributed by atoms with Gasteiger partial charge in [-0.1, -0.05) is 13.0 Å². The lowest BCUT2D eigenvalue weighted by Crippen LogP contribution is -2.34. The Morgan fingerprint density at radius 2 is 2.24 bits per heavy atom. The summed E-state index contributed by atoms with van der Waals surface area (Å²) >= 11 is 0. The zero-order valence-corrected chi connectivity index (χ0v) is 12.9. The van der Waals surface area contributed by atoms with Crippen molar-refractivity contribution in [2.75, 3.05) is 13.2 Å². The van der Waals surface area contributed by atoms with Gasteiger partial charge in [0.05, 0.1) is 12.6 Å². The van der Waals surface area contributed by atoms with E-state index in [1.807, 2.05) is 10.6 Å². The summed E-state index contributed by atoms with van der Waals surface area (Å²) < 4.78 is 7.70. The number of ether oxygens (including phenoxy) is 1. The summed E-state index contributed by atoms with van der Waals surface area (Å²) in [4.78, 5) is 12.3. The molecular formula is C17H26N2O2. The molecule has 1 aliphatic heterocycles. The lowest BCUT2D eigenvalue weighted by Gasteiger charge is -2.29. The molecule has 0 radical (unpaired) electrons. The molecule has 4 nitrogen and oxygen atoms in total. The molecule has 1 saturated heterocycles. The Bertz CT molecular complexity index is 532. The summed E-state index contributed by atoms with van der Waals surface area (Å²) in [5.74, 6) is 0. The van der Waals surface area contributed by atoms with E-state index in [9.17, 15) is 4.79 Å². The normalized spacial score (nSPS) is 25.0. The Morgan fingerprint density at radius 3 is 3.00 bits per heavy atom. The first-order chi connectivity index (χ1) is 10.3. The highest BCUT2D eigenvalue weighted by Crippen LogP contribution is 2.29. The van der Waals surface area contributed by atoms with E-state index < -0.39 is 0 Å². The largest absolute Gasteiger partial charge is 0.376 e. The van der Waals surface area contributed by atoms with Crippen molar-refractivity contribution < 1.29 is 4.74 Å². The van der Waals surface area contributed by atoms with Gasteiger partial charge in [0.25, 0.3) is 5.56 Å². The van der Waals surface area contributed by atoms with Crippen LogP contribution in [0.15, 0.2) is 16.9 Å². The van der Waals surface area contributed by atoms with Crippen molar-refractivity contribution >= 4 is 0 Å². The molecule has 0 saturated carbocycles. The molecule has 0 spiro atoms. The van der Waals surface area contributed by atoms with Crippen molar-refractivity contribution in [2.45, 2.75) is 64.1 Å². The molecule has 21 heavy (non-hydrogen) atoms. The quantitative estimate of drug-likeness (QED) is 0.905. The second-order valence-corrected chi connectivity index (χ2v) is 6.22. The first-order valence-corrected chi connectivity index (χ1v) is 8.37. The van der Waals surface area contributed by atoms with E-state index >= 15 is 0 Å². The van der Waals surface area contributed by atoms with Crippen LogP contribution in [0.1, 0.15) is 56.3 Å². The number of aromatic nitrogens is 1. The van der Waals surface area contributed by atoms with Crippen LogP contribution < -0.4 is 10.9 Å². The number of hydrogen-bond donors (Lipinski definition) is 1. The first-order valence-electron chi connectivity index (χ1n) is 8.37. The first kappa shape index (κ1) is 14.8. The lowest BCUT2D eigenvalue weighted by molar-refractivity contribution is 0.0951. The Hall–Kier alpha value is -1.13. The molecular weight excluding hydrogens is 264 g/mol. The van der Waals surface area contributed by atoms with Gasteiger partial charge in [-0.25, -0.2) is 0 Å². The standard InChI is InChI=1S/C17H26N2O2/c1-2-10-18-15-6-3-7-16-14(15)8-9-17(20)19(16)12-13-5-4-11-21-13/h8-9,13,15,18H,2-7,10-12H2,1H3. The topological polar surface area (TPSA) is 43.3 Å². The van der Waals surface area contributed by atoms with Crippen LogP contribution in [0.2, 0.25) is 0 Å². The fourth-order valence-corrected chi connectivity index (χ4v) is 3.58. The van der Waals surface area contributed by atoms with Gasteiger partial charge in [0.1, 0.15) is 0 Å². The zero-order chi connectivity index (χ0) is 14.7. The molecule has 2 aliphatic rings. The third kappa shape index (κ3) is 3.22. The molecule has 2 unspecified atom stereocenters. The second kappa shape index (κ2) is 6.75. The van der Waals surface area contributed by atoms with E-state index in [1.54, 1.807) is 6.07 Å². The van der Waals surface area contributed by atoms with Gasteiger partial charge in [0.2, 0.25) is 0 Å². The Morgan fingerprint density at radius 1 is 1.33 bits per heavy atom. The van der Waals surface area contributed by atoms with E-state index in [0.29, 0.717) is 6.04 Å². The smallest absolute Gasteiger partial charge is 0.250 e. The van der Waals surface area contributed by atoms with Gasteiger partial charge in [0.15, 0.2) is 0 Å². The predicted molar refractivity (Wildman–Crippen MR) is 83.6 cm³/mol. The van der Waals surface area contributed by atoms with E-state index in [-0.39, 0.29) is 11.7 Å². The van der Waals surface area contributed by atoms with Crippen molar-refractivity contribution in [3.05, 3.63) is 33.7 Å². The fraction of sp³-hybridized carbons (Fsp3) is 0.706. The van der Waals surface area contributed by atoms with Crippen LogP contribution >= 0.6 is 0 Å². The molecule has 1 aromatic heterocycles. The van der Waals surface area contributed by atoms with E-state index in [2.05, 4.69) is 12.2 Å². The molecule has 2 heterocycles. The summed E-state index contributed by atoms with van der Waals surface area (Å²) in [5.41, 5.74) is 2.69. The summed E-state index contributed by atoms with van der Waals surface area (Å²) in [6.45, 7) is 4.79. The summed E-state index contributed by atoms with van der Waals surface area (Å²) in [7, 11) is 0. The van der Waals surface area contributed by atoms with Gasteiger partial charge < -0.3 is 14.6 Å². The maximum absolute atomic E-state index is 12.3. The summed E-state index contributed by atoms with van der Waals surface area (Å²) in [6, 6.07) is 4.18. The van der Waals surface area contributed by atoms with Crippen molar-refractivity contribution in [3.8, 4) is 0 Å². The van der Waals surface area contributed by atoms with Gasteiger partial charge in [-0.15, -0.1) is 0 Å². The highest BCUT2D eigenvalue weighted by Gasteiger charge is 2.24. The van der Waals surface area contributed by atoms with Crippen molar-refractivity contribution in [3.63, 3.8) is 0 Å². The van der Waals surface area contributed by atoms with Crippen LogP contribution in [0, 0.1) is 0 Å². The second-order valence-electron chi connectivity index (χ2n) is 6.22. The molecule has 0 aromatic carbocycles. The van der Waals surface area contributed by atoms with E-state index in [0.717, 1.165) is 51.8 Å². The minimum Gasteiger partial charge on any atom is -0.376 e. The summed E-state index contributed by atoms with van der Waals surface area (Å²) in [6.07, 6.45) is 6.90. The third-order valence-corrected chi connectivity index (χ3v) is 4.66. The zero-order valence-electron chi connectivity index (χ0n) is 12.9. The lowest BCUT2D eigenvalue weighted by atomic mass is 9.90. The maximum Gasteiger partial charge on any atom is 0.250 e. The van der Waals surface area contributed by atoms with Crippen molar-refractivity contribution in [1.82, 2.24) is 9.88 Å². The average molecular weight is 290 g/mol. The van der Waals surface area contributed by atoms with Gasteiger partial charge in [-0.3, -0.25) is 4.79 Å². The average Bonchev–Trinajstić information content (AvgIpc) is 3.01. The van der Waals surface area contributed by atoms with E-state index in [1.165, 1.54) is 17.7 Å². The predicted octanol–water partition coefficient (Wildman–Crippen LogP) is 2.40. The van der Waals surface area contributed by atoms with Crippen LogP contribution in [0.5, 0.6) is 0 Å². The summed E-state index contributed by atoms with van der Waals surface area (Å²) in [5, 5.41) is 3.62. The SMILES string of the molecule is CCCNC1CCCc2c1ccc(=O)n2CC1CCCO1. The molecule has 1 aromatic rings. The van der Waals surface area contributed by atoms with Gasteiger partial charge in [-0.05, 0) is 50.6 Å². The Balaban J connectivity index is 1.87. The molecule has 1 aliphatic carbocycles. The number of pyridine rings is 1. The number of rotatable bonds is 5. The van der Waals surface area contributed by atoms with Crippen molar-refractivity contribution in [1.29, 1.82) is 0 Å². The van der Waals surface area contributed by atoms with Gasteiger partial charge in [0, 0.05) is 24.4 Å². The highest BCUT2D eigenvalue weighted by atomic mass is 16.5. The fourth-order valence-electron chi connectivity index (χ4n) is 3.58. The molecule has 2 atom stereocenters. The van der Waals surface area contributed by atoms with Gasteiger partial charge >= 0.3 is 0 Å². The van der Waals surface area contributed by atoms with Crippen LogP contribution in [-0.4, -0.2) is 23.8 Å². The van der Waals surface area contributed by atoms with Crippen LogP contribution in [0.25, 0.3) is 0 Å². The molecule has 4 heteroatoms. The number of fused-ring (bicyclic) bond motifs is 1. The molecule has 1 N–H and O–H groups in total. The third-order valence-electron chi connectivity index (χ3n) is 4.66. The molecule has 0 amide bonds. The number of hydrogen-bond acceptors (Lipinski definition) is 3. The number of nitrogens with one attached hydrogen (secondary N) is 1. The van der Waals surface area contributed by atoms with E-state index in [4.69, 9.17) is 4.74 Å². The minimum absolute atomic E-state index is 0.125. The maximum atomic E-state index is 12.3. The Labute approximate surface area is 126 Å². The molecule has 0 bridgehead atoms. The molecule has 1 fully saturated rings.